The Balaban J connectivity index is 2.48. The fraction of sp³-hybridized carbons (Fsp3) is 0.714. The Morgan fingerprint density at radius 2 is 1.67 bits per heavy atom. The van der Waals surface area contributed by atoms with E-state index < -0.39 is 0 Å². The van der Waals surface area contributed by atoms with E-state index >= 15 is 0 Å². The molecule has 52 valence electrons. The summed E-state index contributed by atoms with van der Waals surface area (Å²) in [5.74, 6) is 1.84. The van der Waals surface area contributed by atoms with E-state index in [0.717, 1.165) is 17.9 Å². The van der Waals surface area contributed by atoms with Crippen molar-refractivity contribution in [1.29, 1.82) is 0 Å². The van der Waals surface area contributed by atoms with Gasteiger partial charge in [0.05, 0.1) is 0 Å². The molecule has 0 unspecified atom stereocenters. The second-order valence-electron chi connectivity index (χ2n) is 2.19. The average molecular weight is 128 g/mol. The summed E-state index contributed by atoms with van der Waals surface area (Å²) in [5.41, 5.74) is 0. The molecule has 9 heavy (non-hydrogen) atoms. The molecular weight excluding hydrogens is 116 g/mol. The Bertz CT molecular complexity index is 124. The second-order valence-corrected chi connectivity index (χ2v) is 2.19. The Labute approximate surface area is 55.5 Å². The predicted molar refractivity (Wildman–Crippen MR) is 34.6 cm³/mol. The summed E-state index contributed by atoms with van der Waals surface area (Å²) >= 11 is 0. The predicted octanol–water partition coefficient (Wildman–Crippen LogP) is 2.02. The molecule has 2 heteroatoms. The maximum atomic E-state index is 5.28. The molecule has 0 saturated heterocycles. The molecule has 0 aromatic carbocycles. The van der Waals surface area contributed by atoms with Crippen LogP contribution in [0.1, 0.15) is 27.2 Å². The molecule has 2 nitrogen and oxygen atoms in total. The lowest BCUT2D eigenvalue weighted by molar-refractivity contribution is -0.0396. The van der Waals surface area contributed by atoms with E-state index in [1.54, 1.807) is 0 Å². The highest BCUT2D eigenvalue weighted by molar-refractivity contribution is 4.99. The van der Waals surface area contributed by atoms with E-state index in [0.29, 0.717) is 0 Å². The van der Waals surface area contributed by atoms with Crippen molar-refractivity contribution >= 4 is 0 Å². The van der Waals surface area contributed by atoms with Crippen LogP contribution in [0.4, 0.5) is 0 Å². The molecule has 0 atom stereocenters. The minimum absolute atomic E-state index is 0.0231. The summed E-state index contributed by atoms with van der Waals surface area (Å²) < 4.78 is 10.6. The van der Waals surface area contributed by atoms with Crippen LogP contribution in [0.2, 0.25) is 0 Å². The normalized spacial score (nSPS) is 19.9. The lowest BCUT2D eigenvalue weighted by atomic mass is 10.5. The quantitative estimate of drug-likeness (QED) is 0.538. The number of rotatable bonds is 1. The van der Waals surface area contributed by atoms with Crippen LogP contribution in [0.25, 0.3) is 0 Å². The smallest absolute Gasteiger partial charge is 0.240 e. The van der Waals surface area contributed by atoms with Gasteiger partial charge >= 0.3 is 0 Å². The van der Waals surface area contributed by atoms with E-state index in [4.69, 9.17) is 9.47 Å². The lowest BCUT2D eigenvalue weighted by Gasteiger charge is -2.06. The number of allylic oxidation sites excluding steroid dienone is 2. The van der Waals surface area contributed by atoms with Crippen LogP contribution >= 0.6 is 0 Å². The monoisotopic (exact) mass is 128 g/mol. The summed E-state index contributed by atoms with van der Waals surface area (Å²) in [5, 5.41) is 0. The second kappa shape index (κ2) is 2.29. The summed E-state index contributed by atoms with van der Waals surface area (Å²) in [7, 11) is 0. The van der Waals surface area contributed by atoms with Crippen molar-refractivity contribution in [3.8, 4) is 0 Å². The highest BCUT2D eigenvalue weighted by atomic mass is 16.7. The van der Waals surface area contributed by atoms with Crippen LogP contribution in [-0.4, -0.2) is 6.29 Å². The van der Waals surface area contributed by atoms with Crippen LogP contribution in [0.5, 0.6) is 0 Å². The first-order valence-corrected chi connectivity index (χ1v) is 3.25. The standard InChI is InChI=1S/C7H12O2/c1-4-7-8-5(2)6(3)9-7/h7H,4H2,1-3H3. The zero-order valence-electron chi connectivity index (χ0n) is 6.10. The maximum absolute atomic E-state index is 5.28. The molecule has 0 saturated carbocycles. The fourth-order valence-corrected chi connectivity index (χ4v) is 0.751. The maximum Gasteiger partial charge on any atom is 0.240 e. The van der Waals surface area contributed by atoms with Crippen molar-refractivity contribution in [2.24, 2.45) is 0 Å². The van der Waals surface area contributed by atoms with Gasteiger partial charge in [0.1, 0.15) is 11.5 Å². The molecule has 0 aliphatic carbocycles. The van der Waals surface area contributed by atoms with Crippen LogP contribution in [0.3, 0.4) is 0 Å². The molecule has 0 N–H and O–H groups in total. The van der Waals surface area contributed by atoms with Crippen molar-refractivity contribution in [3.05, 3.63) is 11.5 Å². The first-order valence-electron chi connectivity index (χ1n) is 3.25. The van der Waals surface area contributed by atoms with Crippen molar-refractivity contribution < 1.29 is 9.47 Å². The Morgan fingerprint density at radius 1 is 1.22 bits per heavy atom. The third-order valence-corrected chi connectivity index (χ3v) is 1.45. The van der Waals surface area contributed by atoms with Gasteiger partial charge in [-0.2, -0.15) is 0 Å². The fourth-order valence-electron chi connectivity index (χ4n) is 0.751. The van der Waals surface area contributed by atoms with Crippen LogP contribution in [0, 0.1) is 0 Å². The highest BCUT2D eigenvalue weighted by Crippen LogP contribution is 2.22. The number of hydrogen-bond donors (Lipinski definition) is 0. The topological polar surface area (TPSA) is 18.5 Å². The van der Waals surface area contributed by atoms with Gasteiger partial charge in [-0.3, -0.25) is 0 Å². The largest absolute Gasteiger partial charge is 0.456 e. The lowest BCUT2D eigenvalue weighted by Crippen LogP contribution is -2.05. The Morgan fingerprint density at radius 3 is 1.89 bits per heavy atom. The van der Waals surface area contributed by atoms with Crippen LogP contribution < -0.4 is 0 Å². The summed E-state index contributed by atoms with van der Waals surface area (Å²) in [6.07, 6.45) is 0.888. The number of hydrogen-bond acceptors (Lipinski definition) is 2. The van der Waals surface area contributed by atoms with E-state index in [1.165, 1.54) is 0 Å². The number of ether oxygens (including phenoxy) is 2. The van der Waals surface area contributed by atoms with Crippen molar-refractivity contribution in [2.75, 3.05) is 0 Å². The molecular formula is C7H12O2. The van der Waals surface area contributed by atoms with E-state index in [9.17, 15) is 0 Å². The molecule has 0 radical (unpaired) electrons. The van der Waals surface area contributed by atoms with E-state index in [2.05, 4.69) is 0 Å². The Kier molecular flexibility index (Phi) is 1.65. The Hall–Kier alpha value is -0.660. The summed E-state index contributed by atoms with van der Waals surface area (Å²) in [4.78, 5) is 0. The van der Waals surface area contributed by atoms with Gasteiger partial charge in [0.15, 0.2) is 0 Å². The summed E-state index contributed by atoms with van der Waals surface area (Å²) in [6, 6.07) is 0. The third kappa shape index (κ3) is 1.18. The minimum Gasteiger partial charge on any atom is -0.456 e. The van der Waals surface area contributed by atoms with Crippen molar-refractivity contribution in [3.63, 3.8) is 0 Å². The SMILES string of the molecule is CCC1OC(C)=C(C)O1. The van der Waals surface area contributed by atoms with Gasteiger partial charge < -0.3 is 9.47 Å². The zero-order chi connectivity index (χ0) is 6.85. The van der Waals surface area contributed by atoms with Crippen molar-refractivity contribution in [2.45, 2.75) is 33.5 Å². The summed E-state index contributed by atoms with van der Waals surface area (Å²) in [6.45, 7) is 5.88. The molecule has 0 bridgehead atoms. The first-order chi connectivity index (χ1) is 4.24. The zero-order valence-corrected chi connectivity index (χ0v) is 6.10. The van der Waals surface area contributed by atoms with Crippen LogP contribution in [-0.2, 0) is 9.47 Å². The van der Waals surface area contributed by atoms with E-state index in [1.807, 2.05) is 20.8 Å². The molecule has 1 aliphatic heterocycles. The highest BCUT2D eigenvalue weighted by Gasteiger charge is 2.18. The van der Waals surface area contributed by atoms with E-state index in [-0.39, 0.29) is 6.29 Å². The molecule has 0 spiro atoms. The van der Waals surface area contributed by atoms with Crippen molar-refractivity contribution in [1.82, 2.24) is 0 Å². The first kappa shape index (κ1) is 6.46. The van der Waals surface area contributed by atoms with Gasteiger partial charge in [0, 0.05) is 6.42 Å². The molecule has 1 rings (SSSR count). The van der Waals surface area contributed by atoms with Gasteiger partial charge in [-0.15, -0.1) is 0 Å². The average Bonchev–Trinajstić information content (AvgIpc) is 2.13. The third-order valence-electron chi connectivity index (χ3n) is 1.45. The van der Waals surface area contributed by atoms with Gasteiger partial charge in [-0.05, 0) is 13.8 Å². The van der Waals surface area contributed by atoms with Gasteiger partial charge in [0.25, 0.3) is 0 Å². The van der Waals surface area contributed by atoms with Gasteiger partial charge in [-0.25, -0.2) is 0 Å². The minimum atomic E-state index is -0.0231. The molecule has 1 heterocycles. The molecule has 0 amide bonds. The molecule has 1 aliphatic rings. The molecule has 0 aromatic rings. The molecule has 0 fully saturated rings. The van der Waals surface area contributed by atoms with Crippen LogP contribution in [0.15, 0.2) is 11.5 Å². The van der Waals surface area contributed by atoms with Gasteiger partial charge in [-0.1, -0.05) is 6.92 Å². The van der Waals surface area contributed by atoms with Gasteiger partial charge in [0.2, 0.25) is 6.29 Å². The molecule has 0 aromatic heterocycles.